The van der Waals surface area contributed by atoms with E-state index in [1.165, 1.54) is 107 Å². The van der Waals surface area contributed by atoms with Gasteiger partial charge in [0, 0.05) is 30.9 Å². The van der Waals surface area contributed by atoms with Crippen LogP contribution in [0.1, 0.15) is 0 Å². The van der Waals surface area contributed by atoms with Gasteiger partial charge < -0.3 is 4.42 Å². The van der Waals surface area contributed by atoms with Crippen molar-refractivity contribution in [1.82, 2.24) is 0 Å². The van der Waals surface area contributed by atoms with Crippen molar-refractivity contribution in [2.24, 2.45) is 0 Å². The Morgan fingerprint density at radius 3 is 1.50 bits per heavy atom. The van der Waals surface area contributed by atoms with Crippen LogP contribution in [0.4, 0.5) is 0 Å². The quantitative estimate of drug-likeness (QED) is 0.167. The third kappa shape index (κ3) is 4.20. The van der Waals surface area contributed by atoms with Crippen LogP contribution in [0.5, 0.6) is 0 Å². The molecular formula is C52H30OS. The lowest BCUT2D eigenvalue weighted by molar-refractivity contribution is 0.670. The molecule has 12 aromatic rings. The second kappa shape index (κ2) is 11.4. The average molecular weight is 703 g/mol. The zero-order chi connectivity index (χ0) is 35.3. The molecule has 0 unspecified atom stereocenters. The van der Waals surface area contributed by atoms with E-state index in [4.69, 9.17) is 4.42 Å². The number of furan rings is 1. The summed E-state index contributed by atoms with van der Waals surface area (Å²) in [5, 5.41) is 14.8. The monoisotopic (exact) mass is 702 g/mol. The summed E-state index contributed by atoms with van der Waals surface area (Å²) in [5.74, 6) is 0. The van der Waals surface area contributed by atoms with Crippen LogP contribution in [0.25, 0.3) is 119 Å². The predicted octanol–water partition coefficient (Wildman–Crippen LogP) is 15.6. The van der Waals surface area contributed by atoms with Gasteiger partial charge in [-0.05, 0) is 101 Å². The van der Waals surface area contributed by atoms with Crippen molar-refractivity contribution < 1.29 is 4.42 Å². The van der Waals surface area contributed by atoms with Gasteiger partial charge in [0.05, 0.1) is 0 Å². The largest absolute Gasteiger partial charge is 0.456 e. The summed E-state index contributed by atoms with van der Waals surface area (Å²) in [7, 11) is 0. The Hall–Kier alpha value is -6.74. The van der Waals surface area contributed by atoms with Gasteiger partial charge in [0.1, 0.15) is 11.2 Å². The maximum atomic E-state index is 6.80. The number of rotatable bonds is 3. The highest BCUT2D eigenvalue weighted by molar-refractivity contribution is 7.25. The lowest BCUT2D eigenvalue weighted by atomic mass is 9.83. The molecule has 0 aliphatic heterocycles. The third-order valence-corrected chi connectivity index (χ3v) is 12.6. The second-order valence-corrected chi connectivity index (χ2v) is 15.4. The molecule has 0 bridgehead atoms. The first-order valence-corrected chi connectivity index (χ1v) is 19.3. The second-order valence-electron chi connectivity index (χ2n) is 14.3. The first-order valence-electron chi connectivity index (χ1n) is 18.5. The van der Waals surface area contributed by atoms with E-state index in [2.05, 4.69) is 182 Å². The predicted molar refractivity (Wildman–Crippen MR) is 233 cm³/mol. The molecule has 2 aromatic heterocycles. The Bertz CT molecular complexity index is 3440. The number of hydrogen-bond acceptors (Lipinski definition) is 2. The molecule has 250 valence electrons. The van der Waals surface area contributed by atoms with Gasteiger partial charge in [0.2, 0.25) is 0 Å². The topological polar surface area (TPSA) is 13.1 Å². The van der Waals surface area contributed by atoms with Crippen LogP contribution < -0.4 is 0 Å². The van der Waals surface area contributed by atoms with Crippen LogP contribution >= 0.6 is 11.3 Å². The van der Waals surface area contributed by atoms with Crippen molar-refractivity contribution in [2.75, 3.05) is 0 Å². The molecule has 2 heteroatoms. The van der Waals surface area contributed by atoms with E-state index in [1.54, 1.807) is 0 Å². The van der Waals surface area contributed by atoms with E-state index in [0.29, 0.717) is 0 Å². The molecule has 0 aliphatic rings. The fraction of sp³-hybridized carbons (Fsp3) is 0. The minimum Gasteiger partial charge on any atom is -0.456 e. The molecule has 54 heavy (non-hydrogen) atoms. The van der Waals surface area contributed by atoms with E-state index >= 15 is 0 Å². The van der Waals surface area contributed by atoms with Crippen molar-refractivity contribution in [3.05, 3.63) is 182 Å². The first kappa shape index (κ1) is 29.8. The lowest BCUT2D eigenvalue weighted by Gasteiger charge is -2.20. The lowest BCUT2D eigenvalue weighted by Crippen LogP contribution is -1.92. The Labute approximate surface area is 314 Å². The fourth-order valence-corrected chi connectivity index (χ4v) is 10.3. The molecule has 0 saturated carbocycles. The zero-order valence-electron chi connectivity index (χ0n) is 29.1. The summed E-state index contributed by atoms with van der Waals surface area (Å²) in [6, 6.07) is 66.6. The van der Waals surface area contributed by atoms with Crippen LogP contribution in [0, 0.1) is 0 Å². The summed E-state index contributed by atoms with van der Waals surface area (Å²) in [6.45, 7) is 0. The normalized spacial score (nSPS) is 12.1. The number of thiophene rings is 1. The summed E-state index contributed by atoms with van der Waals surface area (Å²) in [4.78, 5) is 0. The van der Waals surface area contributed by atoms with E-state index in [0.717, 1.165) is 11.2 Å². The van der Waals surface area contributed by atoms with Crippen molar-refractivity contribution in [2.45, 2.75) is 0 Å². The van der Waals surface area contributed by atoms with Gasteiger partial charge in [-0.3, -0.25) is 0 Å². The van der Waals surface area contributed by atoms with E-state index in [9.17, 15) is 0 Å². The summed E-state index contributed by atoms with van der Waals surface area (Å²) >= 11 is 1.85. The van der Waals surface area contributed by atoms with Crippen LogP contribution in [-0.2, 0) is 0 Å². The van der Waals surface area contributed by atoms with Crippen molar-refractivity contribution in [3.8, 4) is 33.4 Å². The van der Waals surface area contributed by atoms with Crippen molar-refractivity contribution in [3.63, 3.8) is 0 Å². The van der Waals surface area contributed by atoms with Gasteiger partial charge in [-0.2, -0.15) is 0 Å². The first-order chi connectivity index (χ1) is 26.8. The van der Waals surface area contributed by atoms with Gasteiger partial charge in [-0.15, -0.1) is 11.3 Å². The highest BCUT2D eigenvalue weighted by atomic mass is 32.1. The van der Waals surface area contributed by atoms with E-state index < -0.39 is 0 Å². The fourth-order valence-electron chi connectivity index (χ4n) is 9.17. The highest BCUT2D eigenvalue weighted by Crippen LogP contribution is 2.48. The Kier molecular flexibility index (Phi) is 6.28. The molecule has 0 radical (unpaired) electrons. The van der Waals surface area contributed by atoms with Gasteiger partial charge in [-0.1, -0.05) is 158 Å². The molecule has 1 nitrogen and oxygen atoms in total. The van der Waals surface area contributed by atoms with Crippen LogP contribution in [-0.4, -0.2) is 0 Å². The maximum absolute atomic E-state index is 6.80. The molecule has 0 amide bonds. The molecule has 12 rings (SSSR count). The maximum Gasteiger partial charge on any atom is 0.136 e. The van der Waals surface area contributed by atoms with Crippen molar-refractivity contribution >= 4 is 96.5 Å². The molecule has 0 N–H and O–H groups in total. The number of hydrogen-bond donors (Lipinski definition) is 0. The molecule has 0 aliphatic carbocycles. The average Bonchev–Trinajstić information content (AvgIpc) is 3.79. The smallest absolute Gasteiger partial charge is 0.136 e. The molecule has 0 fully saturated rings. The summed E-state index contributed by atoms with van der Waals surface area (Å²) < 4.78 is 9.40. The van der Waals surface area contributed by atoms with Crippen LogP contribution in [0.2, 0.25) is 0 Å². The molecule has 10 aromatic carbocycles. The molecule has 2 heterocycles. The van der Waals surface area contributed by atoms with Crippen LogP contribution in [0.15, 0.2) is 186 Å². The van der Waals surface area contributed by atoms with Gasteiger partial charge in [0.25, 0.3) is 0 Å². The Morgan fingerprint density at radius 2 is 0.815 bits per heavy atom. The van der Waals surface area contributed by atoms with Crippen molar-refractivity contribution in [1.29, 1.82) is 0 Å². The Balaban J connectivity index is 1.13. The summed E-state index contributed by atoms with van der Waals surface area (Å²) in [6.07, 6.45) is 0. The minimum atomic E-state index is 0.919. The molecular weight excluding hydrogens is 673 g/mol. The molecule has 0 saturated heterocycles. The van der Waals surface area contributed by atoms with E-state index in [1.807, 2.05) is 11.3 Å². The number of benzene rings is 10. The Morgan fingerprint density at radius 1 is 0.296 bits per heavy atom. The summed E-state index contributed by atoms with van der Waals surface area (Å²) in [5.41, 5.74) is 9.26. The van der Waals surface area contributed by atoms with Gasteiger partial charge >= 0.3 is 0 Å². The van der Waals surface area contributed by atoms with Gasteiger partial charge in [-0.25, -0.2) is 0 Å². The van der Waals surface area contributed by atoms with E-state index in [-0.39, 0.29) is 0 Å². The number of fused-ring (bicyclic) bond motifs is 11. The molecule has 0 atom stereocenters. The SMILES string of the molecule is c1ccc(-c2c3ccccc3c(-c3ccc(-c4cc5oc6cc7c(cc6c5c5ccccc45)sc4ccccc47)c4ccccc34)c3ccccc23)cc1. The van der Waals surface area contributed by atoms with Crippen LogP contribution in [0.3, 0.4) is 0 Å². The third-order valence-electron chi connectivity index (χ3n) is 11.5. The molecule has 0 spiro atoms. The minimum absolute atomic E-state index is 0.919. The van der Waals surface area contributed by atoms with Gasteiger partial charge in [0.15, 0.2) is 0 Å². The zero-order valence-corrected chi connectivity index (χ0v) is 30.0. The standard InChI is InChI=1S/C52H30OS/c1-2-14-31(15-3-1)50-38-21-8-10-23-40(38)51(41-24-11-9-22-39(41)50)42-27-26-35(32-16-4-5-17-33(32)42)43-28-47-52(37-20-7-6-18-34(37)43)45-30-49-44(29-46(45)53-47)36-19-12-13-25-48(36)54-49/h1-30H. The highest BCUT2D eigenvalue weighted by Gasteiger charge is 2.21.